The smallest absolute Gasteiger partial charge is 0.254 e. The summed E-state index contributed by atoms with van der Waals surface area (Å²) in [4.78, 5) is 26.8. The number of carbonyl (C=O) groups excluding carboxylic acids is 2. The van der Waals surface area contributed by atoms with Crippen LogP contribution in [0.5, 0.6) is 17.2 Å². The number of piperazine rings is 1. The zero-order chi connectivity index (χ0) is 16.3. The molecule has 0 aromatic heterocycles. The molecule has 1 aliphatic rings. The Morgan fingerprint density at radius 3 is 2.05 bits per heavy atom. The lowest BCUT2D eigenvalue weighted by atomic mass is 10.1. The highest BCUT2D eigenvalue weighted by atomic mass is 16.3. The van der Waals surface area contributed by atoms with Gasteiger partial charge in [0.15, 0.2) is 17.2 Å². The van der Waals surface area contributed by atoms with E-state index in [-0.39, 0.29) is 17.9 Å². The second kappa shape index (κ2) is 6.22. The summed E-state index contributed by atoms with van der Waals surface area (Å²) in [6, 6.07) is 3.94. The monoisotopic (exact) mass is 305 g/mol. The Kier molecular flexibility index (Phi) is 4.36. The van der Waals surface area contributed by atoms with Gasteiger partial charge in [-0.25, -0.2) is 0 Å². The van der Waals surface area contributed by atoms with E-state index in [9.17, 15) is 24.9 Å². The van der Waals surface area contributed by atoms with Gasteiger partial charge >= 0.3 is 0 Å². The Balaban J connectivity index is 2.04. The summed E-state index contributed by atoms with van der Waals surface area (Å²) in [5, 5.41) is 36.7. The lowest BCUT2D eigenvalue weighted by Crippen LogP contribution is -2.50. The van der Waals surface area contributed by atoms with Crippen molar-refractivity contribution in [2.75, 3.05) is 26.2 Å². The molecule has 8 nitrogen and oxygen atoms in total. The van der Waals surface area contributed by atoms with E-state index in [4.69, 9.17) is 5.26 Å². The minimum Gasteiger partial charge on any atom is -0.504 e. The van der Waals surface area contributed by atoms with Crippen LogP contribution in [0, 0.1) is 11.3 Å². The molecule has 22 heavy (non-hydrogen) atoms. The second-order valence-corrected chi connectivity index (χ2v) is 4.87. The van der Waals surface area contributed by atoms with Gasteiger partial charge in [-0.3, -0.25) is 9.59 Å². The van der Waals surface area contributed by atoms with Gasteiger partial charge in [-0.15, -0.1) is 0 Å². The summed E-state index contributed by atoms with van der Waals surface area (Å²) in [5.41, 5.74) is 0.0459. The number of hydrogen-bond donors (Lipinski definition) is 3. The molecule has 0 aliphatic carbocycles. The predicted molar refractivity (Wildman–Crippen MR) is 74.1 cm³/mol. The fourth-order valence-electron chi connectivity index (χ4n) is 2.25. The van der Waals surface area contributed by atoms with E-state index < -0.39 is 23.2 Å². The number of nitriles is 1. The van der Waals surface area contributed by atoms with Crippen molar-refractivity contribution in [2.24, 2.45) is 0 Å². The molecular weight excluding hydrogens is 290 g/mol. The topological polar surface area (TPSA) is 125 Å². The summed E-state index contributed by atoms with van der Waals surface area (Å²) >= 11 is 0. The molecule has 1 heterocycles. The standard InChI is InChI=1S/C14H15N3O5/c15-2-1-12(20)16-3-5-17(6-4-16)14(22)9-7-10(18)13(21)11(19)8-9/h7-8,18-19,21H,1,3-6H2. The lowest BCUT2D eigenvalue weighted by Gasteiger charge is -2.34. The van der Waals surface area contributed by atoms with Crippen LogP contribution in [0.2, 0.25) is 0 Å². The van der Waals surface area contributed by atoms with Gasteiger partial charge in [-0.1, -0.05) is 0 Å². The maximum absolute atomic E-state index is 12.3. The highest BCUT2D eigenvalue weighted by Crippen LogP contribution is 2.35. The maximum Gasteiger partial charge on any atom is 0.254 e. The van der Waals surface area contributed by atoms with Crippen molar-refractivity contribution in [3.8, 4) is 23.3 Å². The number of rotatable bonds is 2. The van der Waals surface area contributed by atoms with Gasteiger partial charge in [0.05, 0.1) is 6.07 Å². The molecular formula is C14H15N3O5. The summed E-state index contributed by atoms with van der Waals surface area (Å²) < 4.78 is 0. The zero-order valence-corrected chi connectivity index (χ0v) is 11.7. The van der Waals surface area contributed by atoms with Gasteiger partial charge < -0.3 is 25.1 Å². The molecule has 1 fully saturated rings. The van der Waals surface area contributed by atoms with Crippen LogP contribution in [0.3, 0.4) is 0 Å². The van der Waals surface area contributed by atoms with E-state index in [2.05, 4.69) is 0 Å². The molecule has 1 aromatic rings. The lowest BCUT2D eigenvalue weighted by molar-refractivity contribution is -0.131. The summed E-state index contributed by atoms with van der Waals surface area (Å²) in [6.45, 7) is 1.22. The van der Waals surface area contributed by atoms with Gasteiger partial charge in [0.2, 0.25) is 5.91 Å². The normalized spacial score (nSPS) is 14.5. The Morgan fingerprint density at radius 2 is 1.55 bits per heavy atom. The number of amides is 2. The molecule has 2 rings (SSSR count). The predicted octanol–water partition coefficient (Wildman–Crippen LogP) is 0.00148. The van der Waals surface area contributed by atoms with E-state index in [1.54, 1.807) is 6.07 Å². The van der Waals surface area contributed by atoms with E-state index >= 15 is 0 Å². The molecule has 0 saturated carbocycles. The van der Waals surface area contributed by atoms with Crippen molar-refractivity contribution >= 4 is 11.8 Å². The third kappa shape index (κ3) is 3.03. The van der Waals surface area contributed by atoms with Crippen LogP contribution < -0.4 is 0 Å². The van der Waals surface area contributed by atoms with Crippen molar-refractivity contribution in [1.82, 2.24) is 9.80 Å². The van der Waals surface area contributed by atoms with Crippen molar-refractivity contribution in [2.45, 2.75) is 6.42 Å². The van der Waals surface area contributed by atoms with E-state index in [0.717, 1.165) is 12.1 Å². The first kappa shape index (κ1) is 15.4. The molecule has 0 spiro atoms. The summed E-state index contributed by atoms with van der Waals surface area (Å²) in [5.74, 6) is -2.52. The van der Waals surface area contributed by atoms with Gasteiger partial charge in [0.25, 0.3) is 5.91 Å². The molecule has 1 aliphatic heterocycles. The van der Waals surface area contributed by atoms with E-state index in [1.807, 2.05) is 0 Å². The number of carbonyl (C=O) groups is 2. The van der Waals surface area contributed by atoms with Crippen LogP contribution in [0.25, 0.3) is 0 Å². The Hall–Kier alpha value is -2.95. The molecule has 0 unspecified atom stereocenters. The van der Waals surface area contributed by atoms with Gasteiger partial charge in [0, 0.05) is 31.7 Å². The zero-order valence-electron chi connectivity index (χ0n) is 11.7. The minimum atomic E-state index is -0.677. The SMILES string of the molecule is N#CCC(=O)N1CCN(C(=O)c2cc(O)c(O)c(O)c2)CC1. The summed E-state index contributed by atoms with van der Waals surface area (Å²) in [6.07, 6.45) is -0.187. The van der Waals surface area contributed by atoms with Crippen LogP contribution in [-0.2, 0) is 4.79 Å². The van der Waals surface area contributed by atoms with Gasteiger partial charge in [-0.2, -0.15) is 5.26 Å². The first-order chi connectivity index (χ1) is 10.4. The number of nitrogens with zero attached hydrogens (tertiary/aromatic N) is 3. The number of benzene rings is 1. The Morgan fingerprint density at radius 1 is 1.05 bits per heavy atom. The molecule has 2 amide bonds. The van der Waals surface area contributed by atoms with Crippen molar-refractivity contribution in [1.29, 1.82) is 5.26 Å². The Bertz CT molecular complexity index is 621. The molecule has 0 bridgehead atoms. The van der Waals surface area contributed by atoms with Crippen molar-refractivity contribution < 1.29 is 24.9 Å². The fourth-order valence-corrected chi connectivity index (χ4v) is 2.25. The minimum absolute atomic E-state index is 0.0459. The molecule has 3 N–H and O–H groups in total. The van der Waals surface area contributed by atoms with Crippen LogP contribution in [0.4, 0.5) is 0 Å². The molecule has 0 radical (unpaired) electrons. The highest BCUT2D eigenvalue weighted by Gasteiger charge is 2.25. The average molecular weight is 305 g/mol. The molecule has 1 aromatic carbocycles. The van der Waals surface area contributed by atoms with Crippen molar-refractivity contribution in [3.05, 3.63) is 17.7 Å². The number of phenols is 3. The van der Waals surface area contributed by atoms with E-state index in [1.165, 1.54) is 9.80 Å². The average Bonchev–Trinajstić information content (AvgIpc) is 2.51. The largest absolute Gasteiger partial charge is 0.504 e. The quantitative estimate of drug-likeness (QED) is 0.660. The second-order valence-electron chi connectivity index (χ2n) is 4.87. The van der Waals surface area contributed by atoms with E-state index in [0.29, 0.717) is 26.2 Å². The number of hydrogen-bond acceptors (Lipinski definition) is 6. The van der Waals surface area contributed by atoms with Crippen LogP contribution in [-0.4, -0.2) is 63.1 Å². The maximum atomic E-state index is 12.3. The molecule has 116 valence electrons. The number of aromatic hydroxyl groups is 3. The molecule has 1 saturated heterocycles. The fraction of sp³-hybridized carbons (Fsp3) is 0.357. The first-order valence-corrected chi connectivity index (χ1v) is 6.63. The highest BCUT2D eigenvalue weighted by molar-refractivity contribution is 5.95. The first-order valence-electron chi connectivity index (χ1n) is 6.63. The van der Waals surface area contributed by atoms with Crippen molar-refractivity contribution in [3.63, 3.8) is 0 Å². The van der Waals surface area contributed by atoms with Crippen LogP contribution in [0.15, 0.2) is 12.1 Å². The van der Waals surface area contributed by atoms with Gasteiger partial charge in [0.1, 0.15) is 6.42 Å². The third-order valence-electron chi connectivity index (χ3n) is 3.47. The van der Waals surface area contributed by atoms with Gasteiger partial charge in [-0.05, 0) is 12.1 Å². The molecule has 8 heteroatoms. The molecule has 0 atom stereocenters. The van der Waals surface area contributed by atoms with Crippen LogP contribution >= 0.6 is 0 Å². The summed E-state index contributed by atoms with van der Waals surface area (Å²) in [7, 11) is 0. The van der Waals surface area contributed by atoms with Crippen LogP contribution in [0.1, 0.15) is 16.8 Å². The third-order valence-corrected chi connectivity index (χ3v) is 3.47. The Labute approximate surface area is 126 Å². The number of phenolic OH excluding ortho intramolecular Hbond substituents is 3.